The molecule has 1 rings (SSSR count). The summed E-state index contributed by atoms with van der Waals surface area (Å²) < 4.78 is 5.29. The van der Waals surface area contributed by atoms with Crippen molar-refractivity contribution in [1.82, 2.24) is 0 Å². The molecule has 0 aromatic heterocycles. The lowest BCUT2D eigenvalue weighted by atomic mass is 10.2. The highest BCUT2D eigenvalue weighted by Crippen LogP contribution is 2.00. The molecule has 0 fully saturated rings. The maximum Gasteiger partial charge on any atom is 0.115 e. The molecule has 0 saturated carbocycles. The smallest absolute Gasteiger partial charge is 0.115 e. The SMILES string of the molecule is C#C[C@@H](C)OC/C=C/c1ccccc1. The van der Waals surface area contributed by atoms with Gasteiger partial charge < -0.3 is 4.74 Å². The Kier molecular flexibility index (Phi) is 4.54. The first-order valence-electron chi connectivity index (χ1n) is 4.62. The number of terminal acetylenes is 1. The number of benzene rings is 1. The van der Waals surface area contributed by atoms with Gasteiger partial charge in [-0.2, -0.15) is 0 Å². The molecule has 0 radical (unpaired) electrons. The Balaban J connectivity index is 2.32. The van der Waals surface area contributed by atoms with Gasteiger partial charge in [-0.15, -0.1) is 6.42 Å². The van der Waals surface area contributed by atoms with Crippen molar-refractivity contribution in [3.63, 3.8) is 0 Å². The van der Waals surface area contributed by atoms with Crippen molar-refractivity contribution in [3.8, 4) is 12.3 Å². The van der Waals surface area contributed by atoms with Gasteiger partial charge in [0.15, 0.2) is 0 Å². The van der Waals surface area contributed by atoms with Crippen molar-refractivity contribution in [2.24, 2.45) is 0 Å². The Morgan fingerprint density at radius 1 is 1.43 bits per heavy atom. The molecule has 1 aromatic rings. The average molecular weight is 186 g/mol. The summed E-state index contributed by atoms with van der Waals surface area (Å²) in [6, 6.07) is 10.1. The van der Waals surface area contributed by atoms with Gasteiger partial charge in [-0.1, -0.05) is 48.4 Å². The van der Waals surface area contributed by atoms with Gasteiger partial charge in [0.1, 0.15) is 6.10 Å². The summed E-state index contributed by atoms with van der Waals surface area (Å²) in [7, 11) is 0. The molecule has 1 heteroatoms. The van der Waals surface area contributed by atoms with Crippen LogP contribution < -0.4 is 0 Å². The van der Waals surface area contributed by atoms with E-state index in [1.807, 2.05) is 49.4 Å². The fraction of sp³-hybridized carbons (Fsp3) is 0.231. The van der Waals surface area contributed by atoms with Crippen LogP contribution in [0.4, 0.5) is 0 Å². The standard InChI is InChI=1S/C13H14O/c1-3-12(2)14-11-7-10-13-8-5-4-6-9-13/h1,4-10,12H,11H2,2H3/b10-7+/t12-/m1/s1. The number of rotatable bonds is 4. The first kappa shape index (κ1) is 10.6. The molecule has 0 saturated heterocycles. The molecule has 0 amide bonds. The minimum absolute atomic E-state index is 0.115. The molecule has 0 aliphatic rings. The highest BCUT2D eigenvalue weighted by molar-refractivity contribution is 5.48. The normalized spacial score (nSPS) is 12.6. The van der Waals surface area contributed by atoms with Crippen LogP contribution in [0.3, 0.4) is 0 Å². The molecule has 0 heterocycles. The Labute approximate surface area is 85.4 Å². The number of ether oxygens (including phenoxy) is 1. The van der Waals surface area contributed by atoms with E-state index in [4.69, 9.17) is 11.2 Å². The van der Waals surface area contributed by atoms with Gasteiger partial charge in [0.05, 0.1) is 6.61 Å². The molecule has 0 unspecified atom stereocenters. The summed E-state index contributed by atoms with van der Waals surface area (Å²) in [6.07, 6.45) is 9.03. The van der Waals surface area contributed by atoms with Gasteiger partial charge in [-0.3, -0.25) is 0 Å². The van der Waals surface area contributed by atoms with E-state index < -0.39 is 0 Å². The summed E-state index contributed by atoms with van der Waals surface area (Å²) in [5.41, 5.74) is 1.17. The van der Waals surface area contributed by atoms with Crippen LogP contribution in [0.15, 0.2) is 36.4 Å². The Morgan fingerprint density at radius 2 is 2.14 bits per heavy atom. The Bertz CT molecular complexity index is 319. The van der Waals surface area contributed by atoms with Crippen LogP contribution >= 0.6 is 0 Å². The minimum Gasteiger partial charge on any atom is -0.362 e. The second-order valence-corrected chi connectivity index (χ2v) is 2.96. The number of hydrogen-bond acceptors (Lipinski definition) is 1. The van der Waals surface area contributed by atoms with Crippen molar-refractivity contribution in [1.29, 1.82) is 0 Å². The van der Waals surface area contributed by atoms with E-state index in [0.29, 0.717) is 6.61 Å². The van der Waals surface area contributed by atoms with Gasteiger partial charge in [0.25, 0.3) is 0 Å². The van der Waals surface area contributed by atoms with Gasteiger partial charge in [-0.05, 0) is 12.5 Å². The highest BCUT2D eigenvalue weighted by Gasteiger charge is 1.91. The molecule has 1 nitrogen and oxygen atoms in total. The molecule has 1 aromatic carbocycles. The van der Waals surface area contributed by atoms with Crippen LogP contribution in [0, 0.1) is 12.3 Å². The van der Waals surface area contributed by atoms with E-state index in [1.165, 1.54) is 5.56 Å². The van der Waals surface area contributed by atoms with E-state index >= 15 is 0 Å². The zero-order valence-electron chi connectivity index (χ0n) is 8.31. The molecule has 0 aliphatic heterocycles. The maximum atomic E-state index is 5.29. The third kappa shape index (κ3) is 3.93. The van der Waals surface area contributed by atoms with E-state index in [2.05, 4.69) is 5.92 Å². The molecule has 72 valence electrons. The maximum absolute atomic E-state index is 5.29. The predicted octanol–water partition coefficient (Wildman–Crippen LogP) is 2.74. The van der Waals surface area contributed by atoms with E-state index in [0.717, 1.165) is 0 Å². The van der Waals surface area contributed by atoms with Gasteiger partial charge in [0.2, 0.25) is 0 Å². The zero-order chi connectivity index (χ0) is 10.2. The van der Waals surface area contributed by atoms with Crippen molar-refractivity contribution in [2.45, 2.75) is 13.0 Å². The zero-order valence-corrected chi connectivity index (χ0v) is 8.31. The van der Waals surface area contributed by atoms with E-state index in [-0.39, 0.29) is 6.10 Å². The molecule has 14 heavy (non-hydrogen) atoms. The third-order valence-electron chi connectivity index (χ3n) is 1.79. The second-order valence-electron chi connectivity index (χ2n) is 2.96. The molecule has 1 atom stereocenters. The first-order chi connectivity index (χ1) is 6.83. The summed E-state index contributed by atoms with van der Waals surface area (Å²) >= 11 is 0. The van der Waals surface area contributed by atoms with Crippen LogP contribution in [0.1, 0.15) is 12.5 Å². The lowest BCUT2D eigenvalue weighted by Crippen LogP contribution is -2.03. The molecular weight excluding hydrogens is 172 g/mol. The van der Waals surface area contributed by atoms with Gasteiger partial charge in [-0.25, -0.2) is 0 Å². The average Bonchev–Trinajstić information content (AvgIpc) is 2.25. The monoisotopic (exact) mass is 186 g/mol. The van der Waals surface area contributed by atoms with E-state index in [1.54, 1.807) is 0 Å². The van der Waals surface area contributed by atoms with Gasteiger partial charge in [0, 0.05) is 0 Å². The topological polar surface area (TPSA) is 9.23 Å². The number of hydrogen-bond donors (Lipinski definition) is 0. The van der Waals surface area contributed by atoms with Crippen LogP contribution in [-0.2, 0) is 4.74 Å². The quantitative estimate of drug-likeness (QED) is 0.657. The summed E-state index contributed by atoms with van der Waals surface area (Å²) in [5, 5.41) is 0. The van der Waals surface area contributed by atoms with E-state index in [9.17, 15) is 0 Å². The molecule has 0 aliphatic carbocycles. The Morgan fingerprint density at radius 3 is 2.79 bits per heavy atom. The predicted molar refractivity (Wildman–Crippen MR) is 59.7 cm³/mol. The second kappa shape index (κ2) is 6.01. The minimum atomic E-state index is -0.115. The highest BCUT2D eigenvalue weighted by atomic mass is 16.5. The molecule has 0 N–H and O–H groups in total. The first-order valence-corrected chi connectivity index (χ1v) is 4.62. The molecule has 0 spiro atoms. The summed E-state index contributed by atoms with van der Waals surface area (Å²) in [6.45, 7) is 2.41. The largest absolute Gasteiger partial charge is 0.362 e. The summed E-state index contributed by atoms with van der Waals surface area (Å²) in [5.74, 6) is 2.51. The van der Waals surface area contributed by atoms with Crippen molar-refractivity contribution in [3.05, 3.63) is 42.0 Å². The molecular formula is C13H14O. The van der Waals surface area contributed by atoms with Crippen LogP contribution in [0.2, 0.25) is 0 Å². The van der Waals surface area contributed by atoms with Crippen LogP contribution in [0.25, 0.3) is 6.08 Å². The van der Waals surface area contributed by atoms with Crippen molar-refractivity contribution in [2.75, 3.05) is 6.61 Å². The third-order valence-corrected chi connectivity index (χ3v) is 1.79. The lowest BCUT2D eigenvalue weighted by molar-refractivity contribution is 0.130. The summed E-state index contributed by atoms with van der Waals surface area (Å²) in [4.78, 5) is 0. The van der Waals surface area contributed by atoms with Crippen molar-refractivity contribution >= 4 is 6.08 Å². The van der Waals surface area contributed by atoms with Gasteiger partial charge >= 0.3 is 0 Å². The van der Waals surface area contributed by atoms with Crippen LogP contribution in [0.5, 0.6) is 0 Å². The Hall–Kier alpha value is -1.52. The molecule has 0 bridgehead atoms. The fourth-order valence-corrected chi connectivity index (χ4v) is 0.996. The van der Waals surface area contributed by atoms with Crippen LogP contribution in [-0.4, -0.2) is 12.7 Å². The lowest BCUT2D eigenvalue weighted by Gasteiger charge is -2.02. The fourth-order valence-electron chi connectivity index (χ4n) is 0.996. The van der Waals surface area contributed by atoms with Crippen molar-refractivity contribution < 1.29 is 4.74 Å².